The lowest BCUT2D eigenvalue weighted by Gasteiger charge is -2.13. The first-order chi connectivity index (χ1) is 12.8. The van der Waals surface area contributed by atoms with Gasteiger partial charge in [0.2, 0.25) is 5.91 Å². The van der Waals surface area contributed by atoms with Gasteiger partial charge in [0.05, 0.1) is 10.9 Å². The third kappa shape index (κ3) is 7.28. The average Bonchev–Trinajstić information content (AvgIpc) is 2.60. The maximum absolute atomic E-state index is 12.0. The number of hydrazine groups is 1. The van der Waals surface area contributed by atoms with Crippen LogP contribution in [-0.2, 0) is 16.0 Å². The van der Waals surface area contributed by atoms with Crippen LogP contribution in [0.3, 0.4) is 0 Å². The molecule has 0 unspecified atom stereocenters. The molecule has 142 valence electrons. The number of benzene rings is 2. The van der Waals surface area contributed by atoms with Crippen LogP contribution in [0.5, 0.6) is 5.75 Å². The third-order valence-corrected chi connectivity index (χ3v) is 4.57. The first kappa shape index (κ1) is 21.3. The maximum atomic E-state index is 12.0. The van der Waals surface area contributed by atoms with Gasteiger partial charge in [-0.05, 0) is 58.3 Å². The molecule has 0 aliphatic heterocycles. The number of nitrogens with one attached hydrogen (secondary N) is 3. The Balaban J connectivity index is 1.74. The zero-order chi connectivity index (χ0) is 19.8. The summed E-state index contributed by atoms with van der Waals surface area (Å²) in [5, 5.41) is 2.42. The summed E-state index contributed by atoms with van der Waals surface area (Å²) in [6.07, 6.45) is 0.199. The summed E-state index contributed by atoms with van der Waals surface area (Å²) in [5.41, 5.74) is 6.67. The lowest BCUT2D eigenvalue weighted by Crippen LogP contribution is -2.49. The highest BCUT2D eigenvalue weighted by molar-refractivity contribution is 9.11. The summed E-state index contributed by atoms with van der Waals surface area (Å²) in [7, 11) is 0. The summed E-state index contributed by atoms with van der Waals surface area (Å²) < 4.78 is 7.17. The van der Waals surface area contributed by atoms with Crippen LogP contribution < -0.4 is 20.9 Å². The van der Waals surface area contributed by atoms with Gasteiger partial charge in [0.1, 0.15) is 5.75 Å². The van der Waals surface area contributed by atoms with Crippen LogP contribution >= 0.6 is 44.1 Å². The van der Waals surface area contributed by atoms with Crippen molar-refractivity contribution < 1.29 is 14.3 Å². The summed E-state index contributed by atoms with van der Waals surface area (Å²) in [4.78, 5) is 23.8. The largest absolute Gasteiger partial charge is 0.482 e. The van der Waals surface area contributed by atoms with Crippen molar-refractivity contribution in [3.63, 3.8) is 0 Å². The molecule has 9 heteroatoms. The minimum Gasteiger partial charge on any atom is -0.482 e. The Hall–Kier alpha value is -1.97. The second-order valence-corrected chi connectivity index (χ2v) is 7.71. The molecular formula is C18H17Br2N3O3S. The number of ether oxygens (including phenoxy) is 1. The fraction of sp³-hybridized carbons (Fsp3) is 0.167. The normalized spacial score (nSPS) is 10.0. The maximum Gasteiger partial charge on any atom is 0.264 e. The number of carbonyl (C=O) groups is 2. The van der Waals surface area contributed by atoms with E-state index in [1.807, 2.05) is 49.4 Å². The van der Waals surface area contributed by atoms with E-state index in [1.165, 1.54) is 0 Å². The van der Waals surface area contributed by atoms with Gasteiger partial charge in [0.15, 0.2) is 11.7 Å². The number of rotatable bonds is 5. The van der Waals surface area contributed by atoms with Gasteiger partial charge in [-0.15, -0.1) is 0 Å². The van der Waals surface area contributed by atoms with E-state index in [-0.39, 0.29) is 24.0 Å². The lowest BCUT2D eigenvalue weighted by molar-refractivity contribution is -0.122. The summed E-state index contributed by atoms with van der Waals surface area (Å²) in [6.45, 7) is 1.65. The van der Waals surface area contributed by atoms with E-state index in [0.29, 0.717) is 5.75 Å². The number of hydrogen-bond donors (Lipinski definition) is 3. The molecule has 27 heavy (non-hydrogen) atoms. The predicted octanol–water partition coefficient (Wildman–Crippen LogP) is 3.16. The average molecular weight is 515 g/mol. The molecule has 2 aromatic rings. The fourth-order valence-electron chi connectivity index (χ4n) is 2.16. The van der Waals surface area contributed by atoms with Gasteiger partial charge in [-0.25, -0.2) is 0 Å². The number of halogens is 2. The Kier molecular flexibility index (Phi) is 8.21. The molecule has 0 fully saturated rings. The smallest absolute Gasteiger partial charge is 0.264 e. The SMILES string of the molecule is Cc1cc(Br)cc(Br)c1OCC(=O)NC(=S)NNC(=O)Cc1ccccc1. The minimum absolute atomic E-state index is 0.0170. The van der Waals surface area contributed by atoms with Crippen molar-refractivity contribution in [2.75, 3.05) is 6.61 Å². The van der Waals surface area contributed by atoms with Gasteiger partial charge >= 0.3 is 0 Å². The van der Waals surface area contributed by atoms with Gasteiger partial charge in [0, 0.05) is 4.47 Å². The molecule has 6 nitrogen and oxygen atoms in total. The molecule has 2 amide bonds. The predicted molar refractivity (Wildman–Crippen MR) is 114 cm³/mol. The molecule has 0 saturated heterocycles. The highest BCUT2D eigenvalue weighted by Crippen LogP contribution is 2.32. The van der Waals surface area contributed by atoms with Gasteiger partial charge in [-0.3, -0.25) is 25.8 Å². The van der Waals surface area contributed by atoms with Gasteiger partial charge in [0.25, 0.3) is 5.91 Å². The molecule has 2 aromatic carbocycles. The highest BCUT2D eigenvalue weighted by Gasteiger charge is 2.11. The first-order valence-electron chi connectivity index (χ1n) is 7.86. The number of aryl methyl sites for hydroxylation is 1. The Morgan fingerprint density at radius 2 is 1.78 bits per heavy atom. The van der Waals surface area contributed by atoms with E-state index < -0.39 is 5.91 Å². The third-order valence-electron chi connectivity index (χ3n) is 3.32. The molecule has 0 radical (unpaired) electrons. The van der Waals surface area contributed by atoms with E-state index in [1.54, 1.807) is 0 Å². The van der Waals surface area contributed by atoms with Gasteiger partial charge in [-0.2, -0.15) is 0 Å². The molecule has 2 rings (SSSR count). The van der Waals surface area contributed by atoms with Crippen molar-refractivity contribution >= 4 is 61.0 Å². The Morgan fingerprint density at radius 1 is 1.07 bits per heavy atom. The molecule has 0 atom stereocenters. The number of carbonyl (C=O) groups excluding carboxylic acids is 2. The zero-order valence-electron chi connectivity index (χ0n) is 14.3. The van der Waals surface area contributed by atoms with Crippen LogP contribution in [0, 0.1) is 6.92 Å². The molecule has 0 heterocycles. The molecule has 0 saturated carbocycles. The second-order valence-electron chi connectivity index (χ2n) is 5.54. The van der Waals surface area contributed by atoms with Crippen molar-refractivity contribution in [3.05, 3.63) is 62.5 Å². The van der Waals surface area contributed by atoms with E-state index >= 15 is 0 Å². The highest BCUT2D eigenvalue weighted by atomic mass is 79.9. The van der Waals surface area contributed by atoms with E-state index in [9.17, 15) is 9.59 Å². The topological polar surface area (TPSA) is 79.5 Å². The summed E-state index contributed by atoms with van der Waals surface area (Å²) in [6, 6.07) is 13.0. The number of thiocarbonyl (C=S) groups is 1. The van der Waals surface area contributed by atoms with Crippen LogP contribution in [0.2, 0.25) is 0 Å². The monoisotopic (exact) mass is 513 g/mol. The molecule has 0 aliphatic carbocycles. The van der Waals surface area contributed by atoms with Crippen LogP contribution in [0.1, 0.15) is 11.1 Å². The van der Waals surface area contributed by atoms with Crippen molar-refractivity contribution in [1.82, 2.24) is 16.2 Å². The Bertz CT molecular complexity index is 824. The van der Waals surface area contributed by atoms with Crippen LogP contribution in [-0.4, -0.2) is 23.5 Å². The van der Waals surface area contributed by atoms with Crippen LogP contribution in [0.15, 0.2) is 51.4 Å². The first-order valence-corrected chi connectivity index (χ1v) is 9.85. The van der Waals surface area contributed by atoms with Crippen molar-refractivity contribution in [2.24, 2.45) is 0 Å². The lowest BCUT2D eigenvalue weighted by atomic mass is 10.1. The number of hydrogen-bond acceptors (Lipinski definition) is 4. The minimum atomic E-state index is -0.445. The van der Waals surface area contributed by atoms with Gasteiger partial charge < -0.3 is 4.74 Å². The molecule has 3 N–H and O–H groups in total. The Morgan fingerprint density at radius 3 is 2.44 bits per heavy atom. The van der Waals surface area contributed by atoms with Crippen LogP contribution in [0.25, 0.3) is 0 Å². The van der Waals surface area contributed by atoms with Crippen molar-refractivity contribution in [1.29, 1.82) is 0 Å². The summed E-state index contributed by atoms with van der Waals surface area (Å²) >= 11 is 11.8. The standard InChI is InChI=1S/C18H17Br2N3O3S/c1-11-7-13(19)9-14(20)17(11)26-10-16(25)21-18(27)23-22-15(24)8-12-5-3-2-4-6-12/h2-7,9H,8,10H2,1H3,(H,22,24)(H2,21,23,25,27). The zero-order valence-corrected chi connectivity index (χ0v) is 18.3. The van der Waals surface area contributed by atoms with Gasteiger partial charge in [-0.1, -0.05) is 46.3 Å². The molecule has 0 aromatic heterocycles. The van der Waals surface area contributed by atoms with Crippen molar-refractivity contribution in [3.8, 4) is 5.75 Å². The molecule has 0 aliphatic rings. The molecular weight excluding hydrogens is 498 g/mol. The number of amides is 2. The van der Waals surface area contributed by atoms with E-state index in [0.717, 1.165) is 20.1 Å². The molecule has 0 spiro atoms. The summed E-state index contributed by atoms with van der Waals surface area (Å²) in [5.74, 6) is -0.147. The fourth-order valence-corrected chi connectivity index (χ4v) is 3.87. The van der Waals surface area contributed by atoms with E-state index in [2.05, 4.69) is 48.0 Å². The Labute approximate surface area is 179 Å². The van der Waals surface area contributed by atoms with E-state index in [4.69, 9.17) is 17.0 Å². The quantitative estimate of drug-likeness (QED) is 0.422. The van der Waals surface area contributed by atoms with Crippen molar-refractivity contribution in [2.45, 2.75) is 13.3 Å². The van der Waals surface area contributed by atoms with Crippen LogP contribution in [0.4, 0.5) is 0 Å². The molecule has 0 bridgehead atoms. The second kappa shape index (κ2) is 10.4.